The predicted octanol–water partition coefficient (Wildman–Crippen LogP) is 1.75. The lowest BCUT2D eigenvalue weighted by molar-refractivity contribution is 0.338. The second-order valence-electron chi connectivity index (χ2n) is 4.18. The quantitative estimate of drug-likeness (QED) is 0.813. The summed E-state index contributed by atoms with van der Waals surface area (Å²) in [4.78, 5) is 0. The highest BCUT2D eigenvalue weighted by molar-refractivity contribution is 5.21. The van der Waals surface area contributed by atoms with Gasteiger partial charge in [0.25, 0.3) is 0 Å². The van der Waals surface area contributed by atoms with Crippen molar-refractivity contribution in [3.05, 3.63) is 24.0 Å². The minimum Gasteiger partial charge on any atom is -0.339 e. The average molecular weight is 203 g/mol. The molecule has 0 aliphatic carbocycles. The first-order valence-electron chi connectivity index (χ1n) is 5.66. The molecule has 1 aliphatic rings. The van der Waals surface area contributed by atoms with Crippen molar-refractivity contribution in [3.63, 3.8) is 0 Å². The maximum absolute atomic E-state index is 8.86. The van der Waals surface area contributed by atoms with Crippen molar-refractivity contribution in [1.29, 1.82) is 5.26 Å². The number of rotatable bonds is 3. The first-order chi connectivity index (χ1) is 7.40. The molecule has 0 spiro atoms. The van der Waals surface area contributed by atoms with Crippen molar-refractivity contribution in [3.8, 4) is 6.07 Å². The number of nitrogens with one attached hydrogen (secondary N) is 1. The molecule has 1 aromatic rings. The zero-order chi connectivity index (χ0) is 10.5. The van der Waals surface area contributed by atoms with Crippen molar-refractivity contribution >= 4 is 0 Å². The molecular weight excluding hydrogens is 186 g/mol. The lowest BCUT2D eigenvalue weighted by atomic mass is 9.95. The fourth-order valence-electron chi connectivity index (χ4n) is 2.20. The van der Waals surface area contributed by atoms with Crippen molar-refractivity contribution in [1.82, 2.24) is 9.88 Å². The predicted molar refractivity (Wildman–Crippen MR) is 59.4 cm³/mol. The molecule has 0 atom stereocenters. The van der Waals surface area contributed by atoms with Gasteiger partial charge in [0.15, 0.2) is 0 Å². The zero-order valence-electron chi connectivity index (χ0n) is 8.95. The number of hydrogen-bond donors (Lipinski definition) is 1. The van der Waals surface area contributed by atoms with E-state index in [9.17, 15) is 0 Å². The average Bonchev–Trinajstić information content (AvgIpc) is 2.75. The molecule has 1 N–H and O–H groups in total. The number of nitrogens with zero attached hydrogens (tertiary/aromatic N) is 2. The number of piperidine rings is 1. The largest absolute Gasteiger partial charge is 0.339 e. The van der Waals surface area contributed by atoms with Crippen LogP contribution in [0.4, 0.5) is 0 Å². The van der Waals surface area contributed by atoms with E-state index < -0.39 is 0 Å². The van der Waals surface area contributed by atoms with E-state index in [1.54, 1.807) is 0 Å². The molecule has 1 aliphatic heterocycles. The van der Waals surface area contributed by atoms with Crippen LogP contribution in [-0.4, -0.2) is 17.7 Å². The molecule has 0 amide bonds. The van der Waals surface area contributed by atoms with E-state index in [4.69, 9.17) is 5.26 Å². The van der Waals surface area contributed by atoms with Crippen LogP contribution in [0.5, 0.6) is 0 Å². The van der Waals surface area contributed by atoms with Gasteiger partial charge in [-0.05, 0) is 50.4 Å². The Bertz CT molecular complexity index is 342. The van der Waals surface area contributed by atoms with Gasteiger partial charge in [-0.25, -0.2) is 0 Å². The second kappa shape index (κ2) is 4.99. The SMILES string of the molecule is N#Cc1cccn1CCC1CCNCC1. The summed E-state index contributed by atoms with van der Waals surface area (Å²) >= 11 is 0. The first kappa shape index (κ1) is 10.3. The summed E-state index contributed by atoms with van der Waals surface area (Å²) in [5.74, 6) is 0.834. The fraction of sp³-hybridized carbons (Fsp3) is 0.583. The Hall–Kier alpha value is -1.27. The van der Waals surface area contributed by atoms with Gasteiger partial charge in [-0.15, -0.1) is 0 Å². The molecule has 1 saturated heterocycles. The van der Waals surface area contributed by atoms with Crippen LogP contribution in [0.15, 0.2) is 18.3 Å². The topological polar surface area (TPSA) is 40.8 Å². The molecule has 15 heavy (non-hydrogen) atoms. The normalized spacial score (nSPS) is 17.5. The third kappa shape index (κ3) is 2.60. The molecule has 0 radical (unpaired) electrons. The summed E-state index contributed by atoms with van der Waals surface area (Å²) < 4.78 is 2.06. The lowest BCUT2D eigenvalue weighted by Gasteiger charge is -2.22. The Morgan fingerprint density at radius 1 is 1.47 bits per heavy atom. The Morgan fingerprint density at radius 2 is 2.27 bits per heavy atom. The summed E-state index contributed by atoms with van der Waals surface area (Å²) in [5, 5.41) is 12.2. The van der Waals surface area contributed by atoms with Gasteiger partial charge in [-0.3, -0.25) is 0 Å². The van der Waals surface area contributed by atoms with Gasteiger partial charge in [0.2, 0.25) is 0 Å². The second-order valence-corrected chi connectivity index (χ2v) is 4.18. The number of nitriles is 1. The van der Waals surface area contributed by atoms with Gasteiger partial charge in [0.05, 0.1) is 0 Å². The molecule has 1 fully saturated rings. The highest BCUT2D eigenvalue weighted by atomic mass is 15.0. The van der Waals surface area contributed by atoms with Crippen molar-refractivity contribution in [2.45, 2.75) is 25.8 Å². The summed E-state index contributed by atoms with van der Waals surface area (Å²) in [6, 6.07) is 6.04. The molecule has 0 unspecified atom stereocenters. The maximum atomic E-state index is 8.86. The standard InChI is InChI=1S/C12H17N3/c13-10-12-2-1-8-15(12)9-5-11-3-6-14-7-4-11/h1-2,8,11,14H,3-7,9H2. The van der Waals surface area contributed by atoms with E-state index in [0.717, 1.165) is 31.2 Å². The lowest BCUT2D eigenvalue weighted by Crippen LogP contribution is -2.28. The summed E-state index contributed by atoms with van der Waals surface area (Å²) in [5.41, 5.74) is 0.781. The molecule has 3 nitrogen and oxygen atoms in total. The molecule has 0 aromatic carbocycles. The molecule has 80 valence electrons. The van der Waals surface area contributed by atoms with Crippen LogP contribution in [0.2, 0.25) is 0 Å². The van der Waals surface area contributed by atoms with Crippen molar-refractivity contribution in [2.75, 3.05) is 13.1 Å². The van der Waals surface area contributed by atoms with Gasteiger partial charge < -0.3 is 9.88 Å². The monoisotopic (exact) mass is 203 g/mol. The molecule has 1 aromatic heterocycles. The minimum atomic E-state index is 0.781. The van der Waals surface area contributed by atoms with Crippen LogP contribution in [0.25, 0.3) is 0 Å². The van der Waals surface area contributed by atoms with E-state index in [2.05, 4.69) is 16.0 Å². The van der Waals surface area contributed by atoms with Crippen LogP contribution < -0.4 is 5.32 Å². The van der Waals surface area contributed by atoms with Crippen LogP contribution in [0.1, 0.15) is 25.0 Å². The molecule has 3 heteroatoms. The van der Waals surface area contributed by atoms with Gasteiger partial charge in [-0.2, -0.15) is 5.26 Å². The van der Waals surface area contributed by atoms with E-state index in [1.807, 2.05) is 18.3 Å². The highest BCUT2D eigenvalue weighted by Gasteiger charge is 2.12. The van der Waals surface area contributed by atoms with E-state index >= 15 is 0 Å². The van der Waals surface area contributed by atoms with E-state index in [0.29, 0.717) is 0 Å². The Balaban J connectivity index is 1.85. The highest BCUT2D eigenvalue weighted by Crippen LogP contribution is 2.17. The summed E-state index contributed by atoms with van der Waals surface area (Å²) in [6.07, 6.45) is 5.76. The Labute approximate surface area is 90.7 Å². The van der Waals surface area contributed by atoms with Crippen LogP contribution >= 0.6 is 0 Å². The summed E-state index contributed by atoms with van der Waals surface area (Å²) in [6.45, 7) is 3.30. The number of aryl methyl sites for hydroxylation is 1. The van der Waals surface area contributed by atoms with E-state index in [-0.39, 0.29) is 0 Å². The summed E-state index contributed by atoms with van der Waals surface area (Å²) in [7, 11) is 0. The molecule has 2 rings (SSSR count). The van der Waals surface area contributed by atoms with E-state index in [1.165, 1.54) is 19.3 Å². The van der Waals surface area contributed by atoms with Crippen molar-refractivity contribution in [2.24, 2.45) is 5.92 Å². The first-order valence-corrected chi connectivity index (χ1v) is 5.66. The fourth-order valence-corrected chi connectivity index (χ4v) is 2.20. The molecule has 0 bridgehead atoms. The molecule has 2 heterocycles. The number of aromatic nitrogens is 1. The van der Waals surface area contributed by atoms with Crippen LogP contribution in [-0.2, 0) is 6.54 Å². The number of hydrogen-bond acceptors (Lipinski definition) is 2. The minimum absolute atomic E-state index is 0.781. The van der Waals surface area contributed by atoms with Gasteiger partial charge in [0, 0.05) is 12.7 Å². The third-order valence-electron chi connectivity index (χ3n) is 3.18. The Morgan fingerprint density at radius 3 is 3.00 bits per heavy atom. The van der Waals surface area contributed by atoms with Gasteiger partial charge in [-0.1, -0.05) is 0 Å². The Kier molecular flexibility index (Phi) is 3.41. The molecule has 0 saturated carbocycles. The molecular formula is C12H17N3. The van der Waals surface area contributed by atoms with Crippen LogP contribution in [0.3, 0.4) is 0 Å². The van der Waals surface area contributed by atoms with Gasteiger partial charge >= 0.3 is 0 Å². The third-order valence-corrected chi connectivity index (χ3v) is 3.18. The maximum Gasteiger partial charge on any atom is 0.120 e. The van der Waals surface area contributed by atoms with Gasteiger partial charge in [0.1, 0.15) is 11.8 Å². The zero-order valence-corrected chi connectivity index (χ0v) is 8.95. The van der Waals surface area contributed by atoms with Crippen molar-refractivity contribution < 1.29 is 0 Å². The smallest absolute Gasteiger partial charge is 0.120 e. The van der Waals surface area contributed by atoms with Crippen LogP contribution in [0, 0.1) is 17.2 Å².